The maximum Gasteiger partial charge on any atom is 0.423 e. The second kappa shape index (κ2) is 5.40. The van der Waals surface area contributed by atoms with Gasteiger partial charge in [-0.1, -0.05) is 0 Å². The van der Waals surface area contributed by atoms with Crippen molar-refractivity contribution >= 4 is 17.3 Å². The maximum absolute atomic E-state index is 13.1. The molecule has 1 aliphatic heterocycles. The van der Waals surface area contributed by atoms with E-state index in [1.54, 1.807) is 0 Å². The van der Waals surface area contributed by atoms with Crippen molar-refractivity contribution in [1.29, 1.82) is 0 Å². The zero-order valence-electron chi connectivity index (χ0n) is 13.5. The van der Waals surface area contributed by atoms with Crippen LogP contribution in [0.15, 0.2) is 18.2 Å². The highest BCUT2D eigenvalue weighted by Gasteiger charge is 2.73. The first kappa shape index (κ1) is 17.2. The van der Waals surface area contributed by atoms with Gasteiger partial charge in [0.2, 0.25) is 0 Å². The zero-order chi connectivity index (χ0) is 18.9. The van der Waals surface area contributed by atoms with Gasteiger partial charge < -0.3 is 4.74 Å². The third-order valence-electron chi connectivity index (χ3n) is 5.81. The average Bonchev–Trinajstić information content (AvgIpc) is 3.39. The molecule has 0 spiro atoms. The van der Waals surface area contributed by atoms with E-state index in [-0.39, 0.29) is 23.6 Å². The number of benzene rings is 1. The molecule has 0 unspecified atom stereocenters. The summed E-state index contributed by atoms with van der Waals surface area (Å²) >= 11 is 0. The molecule has 1 aromatic rings. The fourth-order valence-corrected chi connectivity index (χ4v) is 4.51. The summed E-state index contributed by atoms with van der Waals surface area (Å²) in [5, 5.41) is 11.5. The van der Waals surface area contributed by atoms with Gasteiger partial charge in [-0.3, -0.25) is 14.9 Å². The molecule has 0 radical (unpaired) electrons. The number of rotatable bonds is 3. The number of amides is 1. The SMILES string of the molecule is NN(C(=O)[C@]12O[C@H]1C1CCC2CC1)c1ccc([N+](=O)[O-])c(C(F)(F)F)c1. The summed E-state index contributed by atoms with van der Waals surface area (Å²) in [7, 11) is 0. The number of nitro groups is 1. The summed E-state index contributed by atoms with van der Waals surface area (Å²) in [5.41, 5.74) is -3.83. The normalized spacial score (nSPS) is 32.1. The Morgan fingerprint density at radius 2 is 1.96 bits per heavy atom. The van der Waals surface area contributed by atoms with Crippen LogP contribution < -0.4 is 10.9 Å². The molecule has 1 amide bonds. The quantitative estimate of drug-likeness (QED) is 0.289. The van der Waals surface area contributed by atoms with E-state index in [1.807, 2.05) is 0 Å². The van der Waals surface area contributed by atoms with Crippen LogP contribution >= 0.6 is 0 Å². The fourth-order valence-electron chi connectivity index (χ4n) is 4.51. The molecule has 5 rings (SSSR count). The smallest absolute Gasteiger partial charge is 0.355 e. The van der Waals surface area contributed by atoms with Crippen LogP contribution in [0.25, 0.3) is 0 Å². The highest BCUT2D eigenvalue weighted by atomic mass is 19.4. The fraction of sp³-hybridized carbons (Fsp3) is 0.562. The minimum Gasteiger partial charge on any atom is -0.355 e. The van der Waals surface area contributed by atoms with Gasteiger partial charge >= 0.3 is 6.18 Å². The van der Waals surface area contributed by atoms with Gasteiger partial charge in [0.25, 0.3) is 11.6 Å². The van der Waals surface area contributed by atoms with E-state index in [1.165, 1.54) is 0 Å². The number of nitro benzene ring substituents is 1. The van der Waals surface area contributed by atoms with Crippen LogP contribution in [0.4, 0.5) is 24.5 Å². The molecule has 2 bridgehead atoms. The van der Waals surface area contributed by atoms with Crippen molar-refractivity contribution in [3.63, 3.8) is 0 Å². The van der Waals surface area contributed by atoms with Gasteiger partial charge in [-0.05, 0) is 49.7 Å². The molecular weight excluding hydrogens is 355 g/mol. The van der Waals surface area contributed by atoms with Crippen molar-refractivity contribution in [3.8, 4) is 0 Å². The summed E-state index contributed by atoms with van der Waals surface area (Å²) < 4.78 is 45.1. The Hall–Kier alpha value is -2.20. The summed E-state index contributed by atoms with van der Waals surface area (Å²) in [5.74, 6) is 5.52. The summed E-state index contributed by atoms with van der Waals surface area (Å²) in [6.45, 7) is 0. The van der Waals surface area contributed by atoms with Gasteiger partial charge in [0, 0.05) is 6.07 Å². The molecular formula is C16H16F3N3O4. The van der Waals surface area contributed by atoms with Crippen molar-refractivity contribution in [2.45, 2.75) is 43.6 Å². The highest BCUT2D eigenvalue weighted by Crippen LogP contribution is 2.61. The first-order valence-electron chi connectivity index (χ1n) is 8.29. The molecule has 140 valence electrons. The number of halogens is 3. The summed E-state index contributed by atoms with van der Waals surface area (Å²) in [4.78, 5) is 22.6. The predicted molar refractivity (Wildman–Crippen MR) is 82.8 cm³/mol. The minimum absolute atomic E-state index is 0.0104. The number of nitrogens with two attached hydrogens (primary N) is 1. The molecule has 1 saturated heterocycles. The van der Waals surface area contributed by atoms with Gasteiger partial charge in [0.05, 0.1) is 10.6 Å². The Morgan fingerprint density at radius 1 is 1.31 bits per heavy atom. The number of hydrogen-bond acceptors (Lipinski definition) is 5. The molecule has 3 saturated carbocycles. The van der Waals surface area contributed by atoms with E-state index in [2.05, 4.69) is 0 Å². The Labute approximate surface area is 146 Å². The van der Waals surface area contributed by atoms with Crippen LogP contribution in [0.2, 0.25) is 0 Å². The molecule has 26 heavy (non-hydrogen) atoms. The van der Waals surface area contributed by atoms with Gasteiger partial charge in [0.15, 0.2) is 5.60 Å². The second-order valence-electron chi connectivity index (χ2n) is 7.07. The minimum atomic E-state index is -4.94. The van der Waals surface area contributed by atoms with Crippen LogP contribution in [0.3, 0.4) is 0 Å². The van der Waals surface area contributed by atoms with Crippen LogP contribution in [0.1, 0.15) is 31.2 Å². The Kier molecular flexibility index (Phi) is 3.58. The first-order chi connectivity index (χ1) is 12.2. The Morgan fingerprint density at radius 3 is 2.50 bits per heavy atom. The van der Waals surface area contributed by atoms with Crippen LogP contribution in [0, 0.1) is 22.0 Å². The molecule has 0 aromatic heterocycles. The number of ether oxygens (including phenoxy) is 1. The third-order valence-corrected chi connectivity index (χ3v) is 5.81. The number of carbonyl (C=O) groups is 1. The van der Waals surface area contributed by atoms with E-state index >= 15 is 0 Å². The van der Waals surface area contributed by atoms with Gasteiger partial charge in [-0.15, -0.1) is 0 Å². The van der Waals surface area contributed by atoms with E-state index in [0.29, 0.717) is 17.1 Å². The number of nitrogens with zero attached hydrogens (tertiary/aromatic N) is 2. The molecule has 2 atom stereocenters. The monoisotopic (exact) mass is 371 g/mol. The predicted octanol–water partition coefficient (Wildman–Crippen LogP) is 2.78. The van der Waals surface area contributed by atoms with E-state index in [9.17, 15) is 28.1 Å². The van der Waals surface area contributed by atoms with Crippen LogP contribution in [0.5, 0.6) is 0 Å². The zero-order valence-corrected chi connectivity index (χ0v) is 13.5. The van der Waals surface area contributed by atoms with Crippen molar-refractivity contribution in [3.05, 3.63) is 33.9 Å². The summed E-state index contributed by atoms with van der Waals surface area (Å²) in [6.07, 6.45) is -1.56. The van der Waals surface area contributed by atoms with Crippen molar-refractivity contribution in [2.24, 2.45) is 17.7 Å². The molecule has 10 heteroatoms. The topological polar surface area (TPSA) is 102 Å². The van der Waals surface area contributed by atoms with Gasteiger partial charge in [0.1, 0.15) is 11.7 Å². The van der Waals surface area contributed by atoms with Crippen molar-refractivity contribution in [1.82, 2.24) is 0 Å². The van der Waals surface area contributed by atoms with Crippen molar-refractivity contribution in [2.75, 3.05) is 5.01 Å². The lowest BCUT2D eigenvalue weighted by molar-refractivity contribution is -0.388. The number of hydrazine groups is 1. The number of fused-ring (bicyclic) bond motifs is 2. The number of alkyl halides is 3. The molecule has 4 aliphatic rings. The van der Waals surface area contributed by atoms with E-state index in [0.717, 1.165) is 31.7 Å². The van der Waals surface area contributed by atoms with Gasteiger partial charge in [-0.25, -0.2) is 10.9 Å². The number of carbonyl (C=O) groups excluding carboxylic acids is 1. The molecule has 7 nitrogen and oxygen atoms in total. The molecule has 3 aliphatic carbocycles. The average molecular weight is 371 g/mol. The Bertz CT molecular complexity index is 791. The largest absolute Gasteiger partial charge is 0.423 e. The van der Waals surface area contributed by atoms with Gasteiger partial charge in [-0.2, -0.15) is 13.2 Å². The molecule has 1 heterocycles. The van der Waals surface area contributed by atoms with E-state index in [4.69, 9.17) is 10.6 Å². The number of epoxide rings is 1. The third kappa shape index (κ3) is 2.32. The van der Waals surface area contributed by atoms with Crippen molar-refractivity contribution < 1.29 is 27.6 Å². The lowest BCUT2D eigenvalue weighted by Gasteiger charge is -2.38. The molecule has 1 aromatic carbocycles. The van der Waals surface area contributed by atoms with E-state index < -0.39 is 33.9 Å². The lowest BCUT2D eigenvalue weighted by Crippen LogP contribution is -2.54. The number of anilines is 1. The molecule has 2 N–H and O–H groups in total. The molecule has 4 fully saturated rings. The maximum atomic E-state index is 13.1. The van der Waals surface area contributed by atoms with Crippen LogP contribution in [-0.2, 0) is 15.7 Å². The Balaban J connectivity index is 1.66. The number of hydrogen-bond donors (Lipinski definition) is 1. The lowest BCUT2D eigenvalue weighted by atomic mass is 9.64. The standard InChI is InChI=1S/C16H16F3N3O4/c17-16(18,19)11-7-10(5-6-12(11)22(24)25)21(20)14(23)15-9-3-1-8(2-4-9)13(15)26-15/h5-9,13H,1-4,20H2/t8?,9?,13-,15+/m0/s1. The first-order valence-corrected chi connectivity index (χ1v) is 8.29. The highest BCUT2D eigenvalue weighted by molar-refractivity contribution is 6.01. The van der Waals surface area contributed by atoms with Crippen LogP contribution in [-0.4, -0.2) is 22.5 Å². The second-order valence-corrected chi connectivity index (χ2v) is 7.07. The summed E-state index contributed by atoms with van der Waals surface area (Å²) in [6, 6.07) is 2.28.